The second kappa shape index (κ2) is 10.8. The predicted octanol–water partition coefficient (Wildman–Crippen LogP) is 4.16. The second-order valence-electron chi connectivity index (χ2n) is 7.12. The zero-order valence-corrected chi connectivity index (χ0v) is 20.2. The highest BCUT2D eigenvalue weighted by atomic mass is 32.2. The lowest BCUT2D eigenvalue weighted by Crippen LogP contribution is -2.29. The maximum absolute atomic E-state index is 12.8. The van der Waals surface area contributed by atoms with Crippen molar-refractivity contribution in [3.05, 3.63) is 58.5 Å². The lowest BCUT2D eigenvalue weighted by molar-refractivity contribution is -0.192. The first-order chi connectivity index (χ1) is 17.0. The van der Waals surface area contributed by atoms with Gasteiger partial charge in [-0.25, -0.2) is 18.2 Å². The van der Waals surface area contributed by atoms with Crippen LogP contribution < -0.4 is 14.4 Å². The maximum Gasteiger partial charge on any atom is 0.490 e. The minimum Gasteiger partial charge on any atom is -0.495 e. The van der Waals surface area contributed by atoms with Gasteiger partial charge in [-0.3, -0.25) is 0 Å². The van der Waals surface area contributed by atoms with Crippen molar-refractivity contribution in [3.63, 3.8) is 0 Å². The number of ether oxygens (including phenoxy) is 2. The van der Waals surface area contributed by atoms with Crippen LogP contribution in [0.3, 0.4) is 0 Å². The molecule has 2 heterocycles. The molecule has 14 heteroatoms. The van der Waals surface area contributed by atoms with Crippen LogP contribution in [0.4, 0.5) is 24.5 Å². The molecule has 4 rings (SSSR count). The van der Waals surface area contributed by atoms with Crippen molar-refractivity contribution in [2.45, 2.75) is 16.8 Å². The summed E-state index contributed by atoms with van der Waals surface area (Å²) in [5, 5.41) is 18.5. The summed E-state index contributed by atoms with van der Waals surface area (Å²) in [5.74, 6) is -1.84. The van der Waals surface area contributed by atoms with Gasteiger partial charge in [0.2, 0.25) is 0 Å². The molecule has 0 fully saturated rings. The number of aliphatic carboxylic acids is 1. The molecule has 190 valence electrons. The monoisotopic (exact) mass is 541 g/mol. The van der Waals surface area contributed by atoms with Gasteiger partial charge in [0, 0.05) is 23.7 Å². The molecule has 0 spiro atoms. The molecule has 0 unspecified atom stereocenters. The number of anilines is 2. The summed E-state index contributed by atoms with van der Waals surface area (Å²) in [4.78, 5) is 15.1. The second-order valence-corrected chi connectivity index (χ2v) is 10.1. The highest BCUT2D eigenvalue weighted by Crippen LogP contribution is 2.42. The molecule has 1 N–H and O–H groups in total. The topological polar surface area (TPSA) is 130 Å². The molecule has 1 aromatic heterocycles. The number of carbonyl (C=O) groups is 1. The van der Waals surface area contributed by atoms with Crippen LogP contribution in [0.25, 0.3) is 0 Å². The first-order valence-corrected chi connectivity index (χ1v) is 12.5. The summed E-state index contributed by atoms with van der Waals surface area (Å²) in [6.07, 6.45) is -3.49. The molecular weight excluding hydrogens is 523 g/mol. The summed E-state index contributed by atoms with van der Waals surface area (Å²) in [6.45, 7) is 0.965. The van der Waals surface area contributed by atoms with Crippen molar-refractivity contribution in [2.75, 3.05) is 25.2 Å². The average Bonchev–Trinajstić information content (AvgIpc) is 3.35. The number of nitriles is 1. The molecule has 0 amide bonds. The molecule has 0 saturated heterocycles. The van der Waals surface area contributed by atoms with E-state index >= 15 is 0 Å². The van der Waals surface area contributed by atoms with Crippen molar-refractivity contribution < 1.29 is 41.0 Å². The van der Waals surface area contributed by atoms with Crippen LogP contribution in [-0.2, 0) is 20.4 Å². The van der Waals surface area contributed by atoms with E-state index in [1.807, 2.05) is 11.0 Å². The van der Waals surface area contributed by atoms with Crippen LogP contribution in [0.15, 0.2) is 52.9 Å². The molecule has 1 aliphatic heterocycles. The van der Waals surface area contributed by atoms with Crippen molar-refractivity contribution in [1.82, 2.24) is 4.98 Å². The van der Waals surface area contributed by atoms with Gasteiger partial charge < -0.3 is 19.5 Å². The third-order valence-electron chi connectivity index (χ3n) is 4.79. The maximum atomic E-state index is 12.8. The van der Waals surface area contributed by atoms with Gasteiger partial charge >= 0.3 is 12.1 Å². The Morgan fingerprint density at radius 3 is 2.56 bits per heavy atom. The first kappa shape index (κ1) is 26.8. The fraction of sp³-hybridized carbons (Fsp3) is 0.227. The highest BCUT2D eigenvalue weighted by Gasteiger charge is 2.38. The van der Waals surface area contributed by atoms with Crippen LogP contribution in [0, 0.1) is 11.3 Å². The molecule has 3 aromatic rings. The first-order valence-electron chi connectivity index (χ1n) is 10.00. The fourth-order valence-electron chi connectivity index (χ4n) is 3.18. The number of fused-ring (bicyclic) bond motifs is 1. The number of hydrogen-bond acceptors (Lipinski definition) is 9. The third kappa shape index (κ3) is 6.23. The Morgan fingerprint density at radius 2 is 1.97 bits per heavy atom. The standard InChI is InChI=1S/C20H17N3O4S2.C2HF3O2/c1-26-18-10-14(12-21)2-4-16(18)23-7-8-27-19-11-15(3-5-17(19)23)29(24,25)13-20-22-6-9-28-20;3-2(4,5)1(6)7/h2-6,9-11H,7-8,13H2,1H3;(H,6,7). The van der Waals surface area contributed by atoms with E-state index in [0.29, 0.717) is 35.2 Å². The summed E-state index contributed by atoms with van der Waals surface area (Å²) in [7, 11) is -1.98. The quantitative estimate of drug-likeness (QED) is 0.506. The Balaban J connectivity index is 0.000000454. The van der Waals surface area contributed by atoms with Crippen molar-refractivity contribution in [1.29, 1.82) is 5.26 Å². The molecule has 2 aromatic carbocycles. The van der Waals surface area contributed by atoms with Crippen LogP contribution in [0.5, 0.6) is 11.5 Å². The Labute approximate surface area is 207 Å². The molecule has 0 aliphatic carbocycles. The Hall–Kier alpha value is -3.83. The number of benzene rings is 2. The molecule has 0 bridgehead atoms. The fourth-order valence-corrected chi connectivity index (χ4v) is 5.45. The summed E-state index contributed by atoms with van der Waals surface area (Å²) < 4.78 is 68.5. The minimum atomic E-state index is -5.08. The Bertz CT molecular complexity index is 1390. The van der Waals surface area contributed by atoms with Gasteiger partial charge in [0.1, 0.15) is 28.9 Å². The van der Waals surface area contributed by atoms with E-state index in [0.717, 1.165) is 11.4 Å². The largest absolute Gasteiger partial charge is 0.495 e. The molecule has 0 atom stereocenters. The lowest BCUT2D eigenvalue weighted by atomic mass is 10.1. The van der Waals surface area contributed by atoms with Crippen LogP contribution in [-0.4, -0.2) is 50.9 Å². The van der Waals surface area contributed by atoms with Crippen molar-refractivity contribution >= 4 is 38.5 Å². The number of nitrogens with zero attached hydrogens (tertiary/aromatic N) is 3. The zero-order chi connectivity index (χ0) is 26.5. The number of hydrogen-bond donors (Lipinski definition) is 1. The van der Waals surface area contributed by atoms with Crippen molar-refractivity contribution in [3.8, 4) is 17.6 Å². The van der Waals surface area contributed by atoms with E-state index in [1.165, 1.54) is 11.3 Å². The van der Waals surface area contributed by atoms with E-state index in [1.54, 1.807) is 49.0 Å². The van der Waals surface area contributed by atoms with Gasteiger partial charge in [0.15, 0.2) is 9.84 Å². The van der Waals surface area contributed by atoms with Gasteiger partial charge in [0.05, 0.1) is 41.6 Å². The molecule has 0 saturated carbocycles. The van der Waals surface area contributed by atoms with E-state index in [4.69, 9.17) is 24.6 Å². The van der Waals surface area contributed by atoms with E-state index in [-0.39, 0.29) is 10.6 Å². The SMILES string of the molecule is COc1cc(C#N)ccc1N1CCOc2cc(S(=O)(=O)Cc3nccs3)ccc21.O=C(O)C(F)(F)F. The number of halogens is 3. The smallest absolute Gasteiger partial charge is 0.490 e. The number of thiazole rings is 1. The molecule has 0 radical (unpaired) electrons. The van der Waals surface area contributed by atoms with Gasteiger partial charge in [-0.2, -0.15) is 18.4 Å². The van der Waals surface area contributed by atoms with Crippen LogP contribution >= 0.6 is 11.3 Å². The zero-order valence-electron chi connectivity index (χ0n) is 18.5. The summed E-state index contributed by atoms with van der Waals surface area (Å²) in [5.41, 5.74) is 2.03. The van der Waals surface area contributed by atoms with Gasteiger partial charge in [0.25, 0.3) is 0 Å². The normalized spacial score (nSPS) is 12.9. The number of carboxylic acids is 1. The molecule has 36 heavy (non-hydrogen) atoms. The van der Waals surface area contributed by atoms with E-state index in [2.05, 4.69) is 11.1 Å². The van der Waals surface area contributed by atoms with Crippen LogP contribution in [0.1, 0.15) is 10.6 Å². The summed E-state index contributed by atoms with van der Waals surface area (Å²) in [6, 6.07) is 12.2. The lowest BCUT2D eigenvalue weighted by Gasteiger charge is -2.32. The van der Waals surface area contributed by atoms with E-state index in [9.17, 15) is 21.6 Å². The molecule has 1 aliphatic rings. The van der Waals surface area contributed by atoms with Gasteiger partial charge in [-0.05, 0) is 24.3 Å². The molecule has 9 nitrogen and oxygen atoms in total. The Morgan fingerprint density at radius 1 is 1.28 bits per heavy atom. The number of rotatable bonds is 5. The minimum absolute atomic E-state index is 0.142. The highest BCUT2D eigenvalue weighted by molar-refractivity contribution is 7.90. The molecular formula is C22H18F3N3O6S2. The Kier molecular flexibility index (Phi) is 8.06. The summed E-state index contributed by atoms with van der Waals surface area (Å²) >= 11 is 1.31. The number of methoxy groups -OCH3 is 1. The van der Waals surface area contributed by atoms with Crippen molar-refractivity contribution in [2.24, 2.45) is 0 Å². The number of alkyl halides is 3. The van der Waals surface area contributed by atoms with Gasteiger partial charge in [-0.1, -0.05) is 0 Å². The number of carboxylic acid groups (broad SMARTS) is 1. The predicted molar refractivity (Wildman–Crippen MR) is 123 cm³/mol. The van der Waals surface area contributed by atoms with Gasteiger partial charge in [-0.15, -0.1) is 11.3 Å². The third-order valence-corrected chi connectivity index (χ3v) is 7.38. The van der Waals surface area contributed by atoms with E-state index < -0.39 is 22.0 Å². The average molecular weight is 542 g/mol. The number of aromatic nitrogens is 1. The van der Waals surface area contributed by atoms with Crippen LogP contribution in [0.2, 0.25) is 0 Å². The number of sulfone groups is 1.